The molecule has 12 nitrogen and oxygen atoms in total. The molecule has 2 fully saturated rings. The first-order valence-corrected chi connectivity index (χ1v) is 10.4. The van der Waals surface area contributed by atoms with E-state index in [0.29, 0.717) is 22.8 Å². The van der Waals surface area contributed by atoms with Crippen molar-refractivity contribution in [1.82, 2.24) is 35.5 Å². The highest BCUT2D eigenvalue weighted by atomic mass is 16.5. The second kappa shape index (κ2) is 8.45. The van der Waals surface area contributed by atoms with Crippen LogP contribution >= 0.6 is 0 Å². The van der Waals surface area contributed by atoms with E-state index in [1.54, 1.807) is 17.1 Å². The Labute approximate surface area is 193 Å². The fourth-order valence-corrected chi connectivity index (χ4v) is 3.30. The van der Waals surface area contributed by atoms with Gasteiger partial charge in [0.2, 0.25) is 5.91 Å². The van der Waals surface area contributed by atoms with E-state index in [4.69, 9.17) is 8.85 Å². The Hall–Kier alpha value is -4.09. The summed E-state index contributed by atoms with van der Waals surface area (Å²) >= 11 is 0. The third-order valence-electron chi connectivity index (χ3n) is 5.32. The predicted molar refractivity (Wildman–Crippen MR) is 118 cm³/mol. The summed E-state index contributed by atoms with van der Waals surface area (Å²) in [7, 11) is 1.46. The lowest BCUT2D eigenvalue weighted by molar-refractivity contribution is -0.117. The summed E-state index contributed by atoms with van der Waals surface area (Å²) in [5.74, 6) is -0.805. The molecule has 2 aliphatic carbocycles. The number of hydrogen-bond donors (Lipinski definition) is 3. The van der Waals surface area contributed by atoms with Gasteiger partial charge >= 0.3 is 0 Å². The van der Waals surface area contributed by atoms with Gasteiger partial charge in [-0.15, -0.1) is 10.2 Å². The summed E-state index contributed by atoms with van der Waals surface area (Å²) in [6.07, 6.45) is 6.77. The third-order valence-corrected chi connectivity index (χ3v) is 5.32. The molecular weight excluding hydrogens is 426 g/mol. The van der Waals surface area contributed by atoms with Gasteiger partial charge in [0.15, 0.2) is 17.3 Å². The van der Waals surface area contributed by atoms with Crippen molar-refractivity contribution in [2.45, 2.75) is 31.7 Å². The van der Waals surface area contributed by atoms with Crippen molar-refractivity contribution in [2.24, 2.45) is 5.92 Å². The Morgan fingerprint density at radius 3 is 2.79 bits per heavy atom. The molecule has 3 heterocycles. The van der Waals surface area contributed by atoms with Gasteiger partial charge in [-0.1, -0.05) is 0 Å². The van der Waals surface area contributed by atoms with Gasteiger partial charge in [0.05, 0.1) is 30.7 Å². The van der Waals surface area contributed by atoms with Crippen LogP contribution in [0.2, 0.25) is 0 Å². The van der Waals surface area contributed by atoms with E-state index in [0.717, 1.165) is 25.7 Å². The first-order valence-electron chi connectivity index (χ1n) is 11.9. The molecule has 0 aromatic carbocycles. The van der Waals surface area contributed by atoms with E-state index >= 15 is 0 Å². The summed E-state index contributed by atoms with van der Waals surface area (Å²) in [6, 6.07) is 3.31. The number of pyridine rings is 1. The number of rotatable bonds is 8. The number of anilines is 3. The quantitative estimate of drug-likeness (QED) is 0.466. The summed E-state index contributed by atoms with van der Waals surface area (Å²) in [5.41, 5.74) is 1.16. The largest absolute Gasteiger partial charge is 0.492 e. The number of nitrogens with zero attached hydrogens (tertiary/aromatic N) is 6. The molecular formula is C21H23N9O3. The topological polar surface area (TPSA) is 149 Å². The molecule has 2 aliphatic rings. The van der Waals surface area contributed by atoms with Crippen LogP contribution in [-0.4, -0.2) is 56.1 Å². The monoisotopic (exact) mass is 452 g/mol. The van der Waals surface area contributed by atoms with Gasteiger partial charge in [-0.25, -0.2) is 0 Å². The summed E-state index contributed by atoms with van der Waals surface area (Å²) < 4.78 is 27.7. The zero-order chi connectivity index (χ0) is 25.4. The highest BCUT2D eigenvalue weighted by Crippen LogP contribution is 2.38. The Morgan fingerprint density at radius 1 is 1.21 bits per heavy atom. The molecule has 3 N–H and O–H groups in total. The Balaban J connectivity index is 1.49. The van der Waals surface area contributed by atoms with Crippen LogP contribution in [0.3, 0.4) is 0 Å². The molecule has 170 valence electrons. The lowest BCUT2D eigenvalue weighted by atomic mass is 10.2. The third kappa shape index (κ3) is 4.31. The maximum atomic E-state index is 12.7. The van der Waals surface area contributed by atoms with Crippen molar-refractivity contribution in [3.63, 3.8) is 0 Å². The highest BCUT2D eigenvalue weighted by molar-refractivity contribution is 6.00. The Kier molecular flexibility index (Phi) is 4.47. The van der Waals surface area contributed by atoms with E-state index in [1.807, 2.05) is 5.32 Å². The van der Waals surface area contributed by atoms with Gasteiger partial charge in [0.1, 0.15) is 11.4 Å². The van der Waals surface area contributed by atoms with Crippen molar-refractivity contribution in [2.75, 3.05) is 24.7 Å². The zero-order valence-corrected chi connectivity index (χ0v) is 17.7. The molecule has 0 radical (unpaired) electrons. The zero-order valence-electron chi connectivity index (χ0n) is 20.7. The molecule has 33 heavy (non-hydrogen) atoms. The average molecular weight is 452 g/mol. The van der Waals surface area contributed by atoms with Crippen molar-refractivity contribution in [3.8, 4) is 17.1 Å². The van der Waals surface area contributed by atoms with E-state index in [9.17, 15) is 9.59 Å². The summed E-state index contributed by atoms with van der Waals surface area (Å²) in [6.45, 7) is -2.73. The van der Waals surface area contributed by atoms with Gasteiger partial charge in [0, 0.05) is 29.3 Å². The van der Waals surface area contributed by atoms with E-state index in [2.05, 4.69) is 36.0 Å². The van der Waals surface area contributed by atoms with Crippen LogP contribution in [0.25, 0.3) is 11.4 Å². The smallest absolute Gasteiger partial charge is 0.273 e. The average Bonchev–Trinajstić information content (AvgIpc) is 3.76. The van der Waals surface area contributed by atoms with Gasteiger partial charge < -0.3 is 20.7 Å². The maximum absolute atomic E-state index is 12.7. The van der Waals surface area contributed by atoms with Gasteiger partial charge in [0.25, 0.3) is 5.91 Å². The van der Waals surface area contributed by atoms with Gasteiger partial charge in [-0.3, -0.25) is 14.6 Å². The van der Waals surface area contributed by atoms with E-state index in [-0.39, 0.29) is 35.1 Å². The van der Waals surface area contributed by atoms with Crippen LogP contribution in [0.1, 0.15) is 46.3 Å². The van der Waals surface area contributed by atoms with Crippen LogP contribution in [0.5, 0.6) is 5.75 Å². The minimum absolute atomic E-state index is 0.0753. The predicted octanol–water partition coefficient (Wildman–Crippen LogP) is 1.93. The van der Waals surface area contributed by atoms with Crippen LogP contribution in [0, 0.1) is 5.92 Å². The Morgan fingerprint density at radius 2 is 2.06 bits per heavy atom. The fraction of sp³-hybridized carbons (Fsp3) is 0.381. The summed E-state index contributed by atoms with van der Waals surface area (Å²) in [4.78, 5) is 30.9. The van der Waals surface area contributed by atoms with Crippen LogP contribution in [-0.2, 0) is 4.79 Å². The van der Waals surface area contributed by atoms with E-state index < -0.39 is 12.9 Å². The number of carbonyl (C=O) groups excluding carboxylic acids is 2. The highest BCUT2D eigenvalue weighted by Gasteiger charge is 2.30. The second-order valence-electron chi connectivity index (χ2n) is 7.86. The van der Waals surface area contributed by atoms with Crippen molar-refractivity contribution in [1.29, 1.82) is 0 Å². The van der Waals surface area contributed by atoms with Crippen molar-refractivity contribution >= 4 is 29.0 Å². The number of ether oxygens (including phenoxy) is 1. The van der Waals surface area contributed by atoms with Crippen LogP contribution in [0.15, 0.2) is 24.5 Å². The standard InChI is InChI=1S/C21H23N9O3/c1-22-21(32)18-14(9-16(27-28-18)26-20(31)11-3-4-11)25-13-7-8-23-17(19(13)33-2)15-10-24-30(29-15)12-5-6-12/h7-12H,3-6H2,1-2H3,(H,22,32)(H2,23,25,26,27,31)/i1D3. The molecule has 0 bridgehead atoms. The first-order chi connectivity index (χ1) is 17.2. The number of nitrogens with one attached hydrogen (secondary N) is 3. The van der Waals surface area contributed by atoms with Crippen LogP contribution in [0.4, 0.5) is 17.2 Å². The molecule has 0 saturated heterocycles. The van der Waals surface area contributed by atoms with Crippen LogP contribution < -0.4 is 20.7 Å². The molecule has 2 saturated carbocycles. The first kappa shape index (κ1) is 17.5. The van der Waals surface area contributed by atoms with Gasteiger partial charge in [-0.05, 0) is 31.7 Å². The SMILES string of the molecule is [2H]C([2H])([2H])NC(=O)c1nnc(NC(=O)C2CC2)cc1Nc1ccnc(-c2cnn(C3CC3)n2)c1OC. The molecule has 2 amide bonds. The molecule has 0 atom stereocenters. The fourth-order valence-electron chi connectivity index (χ4n) is 3.30. The molecule has 3 aromatic rings. The maximum Gasteiger partial charge on any atom is 0.273 e. The number of amides is 2. The lowest BCUT2D eigenvalue weighted by Crippen LogP contribution is -2.22. The molecule has 12 heteroatoms. The molecule has 5 rings (SSSR count). The number of methoxy groups -OCH3 is 1. The number of hydrogen-bond acceptors (Lipinski definition) is 9. The Bertz CT molecular complexity index is 1320. The minimum Gasteiger partial charge on any atom is -0.492 e. The molecule has 0 spiro atoms. The molecule has 0 aliphatic heterocycles. The second-order valence-corrected chi connectivity index (χ2v) is 7.86. The normalized spacial score (nSPS) is 16.8. The van der Waals surface area contributed by atoms with E-state index in [1.165, 1.54) is 19.4 Å². The van der Waals surface area contributed by atoms with Gasteiger partial charge in [-0.2, -0.15) is 15.0 Å². The van der Waals surface area contributed by atoms with Crippen molar-refractivity contribution in [3.05, 3.63) is 30.2 Å². The van der Waals surface area contributed by atoms with Crippen molar-refractivity contribution < 1.29 is 18.4 Å². The lowest BCUT2D eigenvalue weighted by Gasteiger charge is -2.15. The number of carbonyl (C=O) groups is 2. The number of aromatic nitrogens is 6. The minimum atomic E-state index is -2.73. The summed E-state index contributed by atoms with van der Waals surface area (Å²) in [5, 5.41) is 24.2. The molecule has 0 unspecified atom stereocenters. The molecule has 3 aromatic heterocycles.